The van der Waals surface area contributed by atoms with E-state index in [0.29, 0.717) is 17.3 Å². The molecule has 3 rings (SSSR count). The summed E-state index contributed by atoms with van der Waals surface area (Å²) >= 11 is 0. The molecule has 6 N–H and O–H groups in total. The number of rotatable bonds is 2. The fourth-order valence-electron chi connectivity index (χ4n) is 1.68. The van der Waals surface area contributed by atoms with Gasteiger partial charge in [0.15, 0.2) is 5.82 Å². The number of nitrogen functional groups attached to an aromatic ring is 1. The third-order valence-corrected chi connectivity index (χ3v) is 2.61. The molecule has 0 amide bonds. The summed E-state index contributed by atoms with van der Waals surface area (Å²) < 4.78 is 0. The lowest BCUT2D eigenvalue weighted by Gasteiger charge is -2.18. The maximum Gasteiger partial charge on any atom is 0.335 e. The molecule has 8 heteroatoms. The van der Waals surface area contributed by atoms with Gasteiger partial charge < -0.3 is 10.8 Å². The van der Waals surface area contributed by atoms with Crippen LogP contribution < -0.4 is 21.7 Å². The minimum atomic E-state index is -0.957. The molecule has 0 aliphatic carbocycles. The second kappa shape index (κ2) is 3.55. The summed E-state index contributed by atoms with van der Waals surface area (Å²) in [5.74, 6) is 0.0678. The predicted molar refractivity (Wildman–Crippen MR) is 66.1 cm³/mol. The number of hydrogen-bond donors (Lipinski definition) is 5. The van der Waals surface area contributed by atoms with Gasteiger partial charge in [-0.2, -0.15) is 10.2 Å². The molecule has 0 spiro atoms. The molecule has 92 valence electrons. The van der Waals surface area contributed by atoms with E-state index in [1.807, 2.05) is 0 Å². The number of nitrogens with zero attached hydrogens (tertiary/aromatic N) is 2. The van der Waals surface area contributed by atoms with Gasteiger partial charge in [0, 0.05) is 0 Å². The van der Waals surface area contributed by atoms with Crippen LogP contribution in [0.1, 0.15) is 10.4 Å². The Morgan fingerprint density at radius 2 is 2.00 bits per heavy atom. The highest BCUT2D eigenvalue weighted by molar-refractivity contribution is 5.89. The van der Waals surface area contributed by atoms with Crippen molar-refractivity contribution < 1.29 is 9.90 Å². The van der Waals surface area contributed by atoms with E-state index in [2.05, 4.69) is 21.0 Å². The average Bonchev–Trinajstić information content (AvgIpc) is 2.92. The molecule has 0 atom stereocenters. The summed E-state index contributed by atoms with van der Waals surface area (Å²) in [6.07, 6.45) is 0. The summed E-state index contributed by atoms with van der Waals surface area (Å²) in [6, 6.07) is 6.39. The molecule has 0 bridgehead atoms. The van der Waals surface area contributed by atoms with Crippen LogP contribution in [0.3, 0.4) is 0 Å². The second-order valence-corrected chi connectivity index (χ2v) is 3.77. The number of nitrogens with one attached hydrogen (secondary N) is 3. The Bertz CT molecular complexity index is 605. The highest BCUT2D eigenvalue weighted by Crippen LogP contribution is 2.33. The van der Waals surface area contributed by atoms with Crippen LogP contribution in [0.4, 0.5) is 23.0 Å². The van der Waals surface area contributed by atoms with Gasteiger partial charge >= 0.3 is 5.97 Å². The van der Waals surface area contributed by atoms with Crippen molar-refractivity contribution >= 4 is 29.0 Å². The quantitative estimate of drug-likeness (QED) is 0.533. The van der Waals surface area contributed by atoms with Gasteiger partial charge in [0.05, 0.1) is 11.3 Å². The van der Waals surface area contributed by atoms with Crippen molar-refractivity contribution in [3.05, 3.63) is 29.8 Å². The molecule has 0 unspecified atom stereocenters. The molecule has 0 radical (unpaired) electrons. The van der Waals surface area contributed by atoms with Gasteiger partial charge in [-0.15, -0.1) is 0 Å². The topological polar surface area (TPSA) is 119 Å². The van der Waals surface area contributed by atoms with E-state index >= 15 is 0 Å². The minimum Gasteiger partial charge on any atom is -0.478 e. The van der Waals surface area contributed by atoms with Crippen LogP contribution in [0.5, 0.6) is 0 Å². The van der Waals surface area contributed by atoms with E-state index in [9.17, 15) is 4.79 Å². The lowest BCUT2D eigenvalue weighted by Crippen LogP contribution is -2.30. The number of nitrogens with two attached hydrogens (primary N) is 1. The summed E-state index contributed by atoms with van der Waals surface area (Å²) in [6.45, 7) is 0. The molecule has 1 aliphatic rings. The number of hydrazine groups is 2. The van der Waals surface area contributed by atoms with Crippen molar-refractivity contribution in [1.82, 2.24) is 10.2 Å². The molecule has 2 heterocycles. The smallest absolute Gasteiger partial charge is 0.335 e. The normalized spacial score (nSPS) is 12.8. The molecular weight excluding hydrogens is 236 g/mol. The highest BCUT2D eigenvalue weighted by atomic mass is 16.4. The van der Waals surface area contributed by atoms with E-state index in [0.717, 1.165) is 5.69 Å². The first kappa shape index (κ1) is 10.3. The van der Waals surface area contributed by atoms with E-state index in [4.69, 9.17) is 10.8 Å². The van der Waals surface area contributed by atoms with Crippen LogP contribution in [0.15, 0.2) is 24.3 Å². The van der Waals surface area contributed by atoms with E-state index < -0.39 is 5.97 Å². The molecule has 2 aromatic rings. The van der Waals surface area contributed by atoms with Gasteiger partial charge in [-0.25, -0.2) is 4.79 Å². The predicted octanol–water partition coefficient (Wildman–Crippen LogP) is 0.864. The molecule has 18 heavy (non-hydrogen) atoms. The largest absolute Gasteiger partial charge is 0.478 e. The Hall–Kier alpha value is -2.90. The van der Waals surface area contributed by atoms with Crippen LogP contribution in [-0.4, -0.2) is 21.3 Å². The number of carboxylic acid groups (broad SMARTS) is 1. The number of aromatic nitrogens is 2. The number of carboxylic acids is 1. The van der Waals surface area contributed by atoms with Crippen LogP contribution in [0.25, 0.3) is 0 Å². The minimum absolute atomic E-state index is 0.232. The molecule has 0 saturated heterocycles. The molecule has 1 aliphatic heterocycles. The fraction of sp³-hybridized carbons (Fsp3) is 0. The SMILES string of the molecule is Nc1[nH]nc2c1NN(c1ccc(C(=O)O)cc1)N2. The number of aromatic amines is 1. The third kappa shape index (κ3) is 1.47. The number of anilines is 4. The van der Waals surface area contributed by atoms with Gasteiger partial charge in [0.1, 0.15) is 11.5 Å². The van der Waals surface area contributed by atoms with Crippen molar-refractivity contribution in [1.29, 1.82) is 0 Å². The zero-order valence-corrected chi connectivity index (χ0v) is 9.14. The second-order valence-electron chi connectivity index (χ2n) is 3.77. The Morgan fingerprint density at radius 1 is 1.28 bits per heavy atom. The Labute approximate surface area is 101 Å². The van der Waals surface area contributed by atoms with Crippen molar-refractivity contribution in [3.8, 4) is 0 Å². The van der Waals surface area contributed by atoms with Crippen molar-refractivity contribution in [3.63, 3.8) is 0 Å². The first-order valence-electron chi connectivity index (χ1n) is 5.16. The number of hydrogen-bond acceptors (Lipinski definition) is 6. The lowest BCUT2D eigenvalue weighted by atomic mass is 10.2. The number of carbonyl (C=O) groups is 1. The third-order valence-electron chi connectivity index (χ3n) is 2.61. The maximum atomic E-state index is 10.7. The number of H-pyrrole nitrogens is 1. The van der Waals surface area contributed by atoms with Crippen molar-refractivity contribution in [2.45, 2.75) is 0 Å². The highest BCUT2D eigenvalue weighted by Gasteiger charge is 2.23. The van der Waals surface area contributed by atoms with E-state index in [1.165, 1.54) is 12.1 Å². The van der Waals surface area contributed by atoms with E-state index in [-0.39, 0.29) is 5.56 Å². The first-order chi connectivity index (χ1) is 8.65. The maximum absolute atomic E-state index is 10.7. The summed E-state index contributed by atoms with van der Waals surface area (Å²) in [5, 5.41) is 17.0. The summed E-state index contributed by atoms with van der Waals surface area (Å²) in [5.41, 5.74) is 13.3. The van der Waals surface area contributed by atoms with Crippen molar-refractivity contribution in [2.75, 3.05) is 21.7 Å². The van der Waals surface area contributed by atoms with Crippen molar-refractivity contribution in [2.24, 2.45) is 0 Å². The number of aromatic carboxylic acids is 1. The van der Waals surface area contributed by atoms with Gasteiger partial charge in [-0.3, -0.25) is 16.0 Å². The molecule has 0 fully saturated rings. The molecule has 8 nitrogen and oxygen atoms in total. The Balaban J connectivity index is 1.84. The zero-order chi connectivity index (χ0) is 12.7. The molecule has 0 saturated carbocycles. The lowest BCUT2D eigenvalue weighted by molar-refractivity contribution is 0.0697. The molecule has 1 aromatic carbocycles. The molecular formula is C10H10N6O2. The summed E-state index contributed by atoms with van der Waals surface area (Å²) in [4.78, 5) is 10.7. The standard InChI is InChI=1S/C10H10N6O2/c11-8-7-9(13-12-8)15-16(14-7)6-3-1-5(2-4-6)10(17)18/h1-4,14H,(H,17,18)(H4,11,12,13,15). The van der Waals surface area contributed by atoms with Crippen LogP contribution in [-0.2, 0) is 0 Å². The monoisotopic (exact) mass is 246 g/mol. The van der Waals surface area contributed by atoms with Gasteiger partial charge in [0.25, 0.3) is 0 Å². The Morgan fingerprint density at radius 3 is 2.61 bits per heavy atom. The Kier molecular flexibility index (Phi) is 2.03. The summed E-state index contributed by atoms with van der Waals surface area (Å²) in [7, 11) is 0. The number of benzene rings is 1. The number of fused-ring (bicyclic) bond motifs is 1. The average molecular weight is 246 g/mol. The first-order valence-corrected chi connectivity index (χ1v) is 5.16. The van der Waals surface area contributed by atoms with Gasteiger partial charge in [-0.1, -0.05) is 0 Å². The zero-order valence-electron chi connectivity index (χ0n) is 9.14. The van der Waals surface area contributed by atoms with Crippen LogP contribution >= 0.6 is 0 Å². The molecule has 1 aromatic heterocycles. The van der Waals surface area contributed by atoms with Crippen LogP contribution in [0.2, 0.25) is 0 Å². The van der Waals surface area contributed by atoms with Gasteiger partial charge in [0.2, 0.25) is 0 Å². The van der Waals surface area contributed by atoms with E-state index in [1.54, 1.807) is 17.3 Å². The fourth-order valence-corrected chi connectivity index (χ4v) is 1.68. The van der Waals surface area contributed by atoms with Gasteiger partial charge in [-0.05, 0) is 24.3 Å². The van der Waals surface area contributed by atoms with Crippen LogP contribution in [0, 0.1) is 0 Å².